The minimum Gasteiger partial charge on any atom is -0.348 e. The van der Waals surface area contributed by atoms with Gasteiger partial charge in [0.25, 0.3) is 0 Å². The third kappa shape index (κ3) is 3.07. The Bertz CT molecular complexity index is 525. The van der Waals surface area contributed by atoms with E-state index in [9.17, 15) is 13.2 Å². The summed E-state index contributed by atoms with van der Waals surface area (Å²) in [5.41, 5.74) is 0. The summed E-state index contributed by atoms with van der Waals surface area (Å²) >= 11 is 3.21. The van der Waals surface area contributed by atoms with Crippen LogP contribution in [0.25, 0.3) is 0 Å². The van der Waals surface area contributed by atoms with E-state index in [0.717, 1.165) is 0 Å². The van der Waals surface area contributed by atoms with E-state index in [2.05, 4.69) is 15.9 Å². The molecule has 0 aromatic heterocycles. The molecule has 1 amide bonds. The molecule has 0 aliphatic heterocycles. The molecule has 0 heterocycles. The molecule has 1 aromatic carbocycles. The monoisotopic (exact) mass is 319 g/mol. The third-order valence-corrected chi connectivity index (χ3v) is 4.92. The zero-order valence-electron chi connectivity index (χ0n) is 9.84. The van der Waals surface area contributed by atoms with Crippen molar-refractivity contribution in [2.45, 2.75) is 17.1 Å². The molecule has 0 N–H and O–H groups in total. The van der Waals surface area contributed by atoms with Gasteiger partial charge in [-0.3, -0.25) is 4.79 Å². The van der Waals surface area contributed by atoms with Gasteiger partial charge in [0.15, 0.2) is 9.84 Å². The maximum absolute atomic E-state index is 12.2. The number of rotatable bonds is 3. The molecular weight excluding hydrogens is 306 g/mol. The molecule has 0 saturated heterocycles. The Kier molecular flexibility index (Phi) is 4.32. The summed E-state index contributed by atoms with van der Waals surface area (Å²) < 4.78 is 25.0. The Morgan fingerprint density at radius 1 is 1.35 bits per heavy atom. The van der Waals surface area contributed by atoms with Gasteiger partial charge in [0, 0.05) is 18.6 Å². The van der Waals surface area contributed by atoms with Crippen molar-refractivity contribution in [1.82, 2.24) is 4.90 Å². The van der Waals surface area contributed by atoms with E-state index in [0.29, 0.717) is 4.47 Å². The molecule has 0 saturated carbocycles. The molecular formula is C11H14BrNO3S. The standard InChI is InChI=1S/C11H14BrNO3S/c1-8(11(14)13(2)3)17(15,16)10-6-4-5-9(12)7-10/h4-8H,1-3H3/t8-/m0/s1. The van der Waals surface area contributed by atoms with E-state index in [1.54, 1.807) is 12.1 Å². The van der Waals surface area contributed by atoms with E-state index in [1.165, 1.54) is 38.1 Å². The lowest BCUT2D eigenvalue weighted by Gasteiger charge is -2.17. The lowest BCUT2D eigenvalue weighted by Crippen LogP contribution is -2.37. The van der Waals surface area contributed by atoms with Gasteiger partial charge in [-0.25, -0.2) is 8.42 Å². The molecule has 0 radical (unpaired) electrons. The van der Waals surface area contributed by atoms with Crippen LogP contribution < -0.4 is 0 Å². The van der Waals surface area contributed by atoms with Crippen molar-refractivity contribution in [1.29, 1.82) is 0 Å². The predicted molar refractivity (Wildman–Crippen MR) is 69.5 cm³/mol. The molecule has 0 spiro atoms. The SMILES string of the molecule is C[C@@H](C(=O)N(C)C)S(=O)(=O)c1cccc(Br)c1. The molecule has 1 rings (SSSR count). The average Bonchev–Trinajstić information content (AvgIpc) is 2.26. The summed E-state index contributed by atoms with van der Waals surface area (Å²) in [6, 6.07) is 6.34. The average molecular weight is 320 g/mol. The first kappa shape index (κ1) is 14.2. The number of halogens is 1. The van der Waals surface area contributed by atoms with Gasteiger partial charge in [0.2, 0.25) is 5.91 Å². The lowest BCUT2D eigenvalue weighted by molar-refractivity contribution is -0.127. The number of carbonyl (C=O) groups is 1. The summed E-state index contributed by atoms with van der Waals surface area (Å²) in [4.78, 5) is 13.1. The second-order valence-corrected chi connectivity index (χ2v) is 7.06. The maximum atomic E-state index is 12.2. The van der Waals surface area contributed by atoms with Crippen molar-refractivity contribution >= 4 is 31.7 Å². The third-order valence-electron chi connectivity index (χ3n) is 2.38. The molecule has 1 aromatic rings. The van der Waals surface area contributed by atoms with Crippen LogP contribution in [0.15, 0.2) is 33.6 Å². The second kappa shape index (κ2) is 5.18. The van der Waals surface area contributed by atoms with Gasteiger partial charge >= 0.3 is 0 Å². The van der Waals surface area contributed by atoms with Gasteiger partial charge in [-0.2, -0.15) is 0 Å². The van der Waals surface area contributed by atoms with Crippen LogP contribution in [0.4, 0.5) is 0 Å². The van der Waals surface area contributed by atoms with Gasteiger partial charge in [0.05, 0.1) is 4.90 Å². The zero-order chi connectivity index (χ0) is 13.2. The fraction of sp³-hybridized carbons (Fsp3) is 0.364. The highest BCUT2D eigenvalue weighted by molar-refractivity contribution is 9.10. The number of nitrogens with zero attached hydrogens (tertiary/aromatic N) is 1. The molecule has 0 fully saturated rings. The molecule has 0 aliphatic rings. The Morgan fingerprint density at radius 3 is 2.41 bits per heavy atom. The quantitative estimate of drug-likeness (QED) is 0.852. The first-order chi connectivity index (χ1) is 7.76. The van der Waals surface area contributed by atoms with Crippen molar-refractivity contribution in [3.8, 4) is 0 Å². The molecule has 0 aliphatic carbocycles. The van der Waals surface area contributed by atoms with Crippen molar-refractivity contribution in [3.63, 3.8) is 0 Å². The van der Waals surface area contributed by atoms with Crippen LogP contribution in [0.2, 0.25) is 0 Å². The largest absolute Gasteiger partial charge is 0.348 e. The number of hydrogen-bond donors (Lipinski definition) is 0. The summed E-state index contributed by atoms with van der Waals surface area (Å²) in [7, 11) is -0.553. The number of amides is 1. The molecule has 0 unspecified atom stereocenters. The number of sulfone groups is 1. The Balaban J connectivity index is 3.16. The van der Waals surface area contributed by atoms with Gasteiger partial charge in [0.1, 0.15) is 5.25 Å². The first-order valence-electron chi connectivity index (χ1n) is 4.97. The van der Waals surface area contributed by atoms with Crippen LogP contribution >= 0.6 is 15.9 Å². The van der Waals surface area contributed by atoms with Crippen LogP contribution in [-0.2, 0) is 14.6 Å². The molecule has 0 bridgehead atoms. The second-order valence-electron chi connectivity index (χ2n) is 3.88. The zero-order valence-corrected chi connectivity index (χ0v) is 12.2. The van der Waals surface area contributed by atoms with Crippen molar-refractivity contribution in [2.75, 3.05) is 14.1 Å². The summed E-state index contributed by atoms with van der Waals surface area (Å²) in [6.45, 7) is 1.40. The van der Waals surface area contributed by atoms with Gasteiger partial charge in [-0.1, -0.05) is 22.0 Å². The minimum atomic E-state index is -3.63. The molecule has 94 valence electrons. The molecule has 6 heteroatoms. The predicted octanol–water partition coefficient (Wildman–Crippen LogP) is 1.70. The maximum Gasteiger partial charge on any atom is 0.240 e. The number of carbonyl (C=O) groups excluding carboxylic acids is 1. The lowest BCUT2D eigenvalue weighted by atomic mass is 10.4. The highest BCUT2D eigenvalue weighted by Crippen LogP contribution is 2.20. The van der Waals surface area contributed by atoms with Crippen molar-refractivity contribution in [3.05, 3.63) is 28.7 Å². The first-order valence-corrected chi connectivity index (χ1v) is 7.31. The molecule has 4 nitrogen and oxygen atoms in total. The van der Waals surface area contributed by atoms with Crippen molar-refractivity contribution in [2.24, 2.45) is 0 Å². The van der Waals surface area contributed by atoms with Crippen LogP contribution in [0.3, 0.4) is 0 Å². The number of hydrogen-bond acceptors (Lipinski definition) is 3. The van der Waals surface area contributed by atoms with E-state index < -0.39 is 21.0 Å². The van der Waals surface area contributed by atoms with E-state index >= 15 is 0 Å². The Hall–Kier alpha value is -0.880. The summed E-state index contributed by atoms with van der Waals surface area (Å²) in [6.07, 6.45) is 0. The highest BCUT2D eigenvalue weighted by atomic mass is 79.9. The van der Waals surface area contributed by atoms with E-state index in [-0.39, 0.29) is 4.90 Å². The van der Waals surface area contributed by atoms with Crippen molar-refractivity contribution < 1.29 is 13.2 Å². The number of benzene rings is 1. The van der Waals surface area contributed by atoms with Crippen LogP contribution in [-0.4, -0.2) is 38.6 Å². The summed E-state index contributed by atoms with van der Waals surface area (Å²) in [5, 5.41) is -1.08. The van der Waals surface area contributed by atoms with Gasteiger partial charge < -0.3 is 4.90 Å². The van der Waals surface area contributed by atoms with E-state index in [4.69, 9.17) is 0 Å². The van der Waals surface area contributed by atoms with Crippen LogP contribution in [0.5, 0.6) is 0 Å². The summed E-state index contributed by atoms with van der Waals surface area (Å²) in [5.74, 6) is -0.426. The van der Waals surface area contributed by atoms with Crippen LogP contribution in [0, 0.1) is 0 Å². The molecule has 1 atom stereocenters. The van der Waals surface area contributed by atoms with Gasteiger partial charge in [-0.05, 0) is 25.1 Å². The van der Waals surface area contributed by atoms with Crippen LogP contribution in [0.1, 0.15) is 6.92 Å². The normalized spacial score (nSPS) is 13.2. The molecule has 17 heavy (non-hydrogen) atoms. The fourth-order valence-corrected chi connectivity index (χ4v) is 3.34. The Labute approximate surface area is 110 Å². The van der Waals surface area contributed by atoms with Gasteiger partial charge in [-0.15, -0.1) is 0 Å². The minimum absolute atomic E-state index is 0.148. The smallest absolute Gasteiger partial charge is 0.240 e. The fourth-order valence-electron chi connectivity index (χ4n) is 1.34. The van der Waals surface area contributed by atoms with E-state index in [1.807, 2.05) is 0 Å². The Morgan fingerprint density at radius 2 is 1.94 bits per heavy atom. The topological polar surface area (TPSA) is 54.5 Å². The highest BCUT2D eigenvalue weighted by Gasteiger charge is 2.30.